The molecule has 40 heavy (non-hydrogen) atoms. The van der Waals surface area contributed by atoms with Gasteiger partial charge >= 0.3 is 6.09 Å². The fraction of sp³-hybridized carbons (Fsp3) is 0.241. The molecule has 9 nitrogen and oxygen atoms in total. The smallest absolute Gasteiger partial charge is 0.410 e. The lowest BCUT2D eigenvalue weighted by Crippen LogP contribution is -2.28. The van der Waals surface area contributed by atoms with Gasteiger partial charge < -0.3 is 20.1 Å². The van der Waals surface area contributed by atoms with Crippen LogP contribution < -0.4 is 15.4 Å². The first-order valence-corrected chi connectivity index (χ1v) is 13.1. The van der Waals surface area contributed by atoms with Gasteiger partial charge in [0.2, 0.25) is 5.91 Å². The number of pyridine rings is 1. The van der Waals surface area contributed by atoms with E-state index in [9.17, 15) is 18.8 Å². The van der Waals surface area contributed by atoms with Crippen LogP contribution in [0.1, 0.15) is 27.9 Å². The summed E-state index contributed by atoms with van der Waals surface area (Å²) in [7, 11) is 0. The Kier molecular flexibility index (Phi) is 7.97. The van der Waals surface area contributed by atoms with E-state index in [2.05, 4.69) is 15.6 Å². The molecule has 2 aromatic carbocycles. The predicted molar refractivity (Wildman–Crippen MR) is 147 cm³/mol. The summed E-state index contributed by atoms with van der Waals surface area (Å²) in [6, 6.07) is 14.1. The molecular formula is C29H26ClFN4O5. The van der Waals surface area contributed by atoms with Crippen molar-refractivity contribution in [1.29, 1.82) is 0 Å². The zero-order valence-electron chi connectivity index (χ0n) is 21.3. The molecule has 3 aromatic rings. The Balaban J connectivity index is 1.17. The van der Waals surface area contributed by atoms with E-state index in [0.717, 1.165) is 16.7 Å². The van der Waals surface area contributed by atoms with Crippen LogP contribution in [0.4, 0.5) is 15.0 Å². The van der Waals surface area contributed by atoms with Crippen molar-refractivity contribution in [3.8, 4) is 16.9 Å². The van der Waals surface area contributed by atoms with E-state index >= 15 is 0 Å². The minimum Gasteiger partial charge on any atom is -0.484 e. The molecule has 3 N–H and O–H groups in total. The average Bonchev–Trinajstić information content (AvgIpc) is 3.57. The van der Waals surface area contributed by atoms with Crippen molar-refractivity contribution in [2.75, 3.05) is 18.4 Å². The first-order valence-electron chi connectivity index (χ1n) is 12.7. The van der Waals surface area contributed by atoms with Crippen LogP contribution in [0, 0.1) is 0 Å². The molecule has 2 aliphatic rings. The Labute approximate surface area is 234 Å². The number of carboxylic acid groups (broad SMARTS) is 1. The van der Waals surface area contributed by atoms with Crippen LogP contribution in [0.2, 0.25) is 5.02 Å². The molecule has 1 fully saturated rings. The van der Waals surface area contributed by atoms with Gasteiger partial charge in [0.25, 0.3) is 5.91 Å². The molecule has 0 bridgehead atoms. The number of likely N-dealkylation sites (tertiary alicyclic amines) is 1. The average molecular weight is 565 g/mol. The number of ether oxygens (including phenoxy) is 1. The minimum absolute atomic E-state index is 0.137. The second-order valence-electron chi connectivity index (χ2n) is 9.58. The maximum absolute atomic E-state index is 13.5. The predicted octanol–water partition coefficient (Wildman–Crippen LogP) is 4.85. The monoisotopic (exact) mass is 564 g/mol. The molecule has 3 heterocycles. The van der Waals surface area contributed by atoms with E-state index in [0.29, 0.717) is 41.3 Å². The van der Waals surface area contributed by atoms with Crippen molar-refractivity contribution in [3.05, 3.63) is 88.6 Å². The summed E-state index contributed by atoms with van der Waals surface area (Å²) in [4.78, 5) is 41.1. The van der Waals surface area contributed by atoms with E-state index < -0.39 is 12.3 Å². The molecule has 5 rings (SSSR count). The van der Waals surface area contributed by atoms with Gasteiger partial charge in [-0.05, 0) is 59.5 Å². The normalized spacial score (nSPS) is 17.9. The van der Waals surface area contributed by atoms with Crippen LogP contribution in [-0.4, -0.2) is 58.3 Å². The Hall–Kier alpha value is -4.44. The van der Waals surface area contributed by atoms with E-state index in [4.69, 9.17) is 21.4 Å². The molecule has 0 aliphatic carbocycles. The number of aromatic nitrogens is 1. The van der Waals surface area contributed by atoms with Gasteiger partial charge in [0.1, 0.15) is 23.8 Å². The highest BCUT2D eigenvalue weighted by atomic mass is 35.5. The fourth-order valence-electron chi connectivity index (χ4n) is 4.66. The van der Waals surface area contributed by atoms with E-state index in [1.165, 1.54) is 23.2 Å². The zero-order chi connectivity index (χ0) is 28.2. The first kappa shape index (κ1) is 27.1. The van der Waals surface area contributed by atoms with Gasteiger partial charge in [0.15, 0.2) is 0 Å². The Morgan fingerprint density at radius 2 is 1.95 bits per heavy atom. The number of amides is 3. The van der Waals surface area contributed by atoms with Crippen molar-refractivity contribution < 1.29 is 28.6 Å². The van der Waals surface area contributed by atoms with Crippen LogP contribution in [0.3, 0.4) is 0 Å². The summed E-state index contributed by atoms with van der Waals surface area (Å²) < 4.78 is 19.4. The van der Waals surface area contributed by atoms with Crippen molar-refractivity contribution >= 4 is 35.3 Å². The fourth-order valence-corrected chi connectivity index (χ4v) is 4.95. The number of nitrogens with one attached hydrogen (secondary N) is 2. The van der Waals surface area contributed by atoms with E-state index in [1.807, 2.05) is 18.2 Å². The second kappa shape index (κ2) is 11.7. The molecule has 206 valence electrons. The highest BCUT2D eigenvalue weighted by Gasteiger charge is 2.27. The highest BCUT2D eigenvalue weighted by molar-refractivity contribution is 6.32. The molecule has 2 aliphatic heterocycles. The maximum atomic E-state index is 13.5. The molecule has 1 unspecified atom stereocenters. The largest absolute Gasteiger partial charge is 0.484 e. The van der Waals surface area contributed by atoms with Crippen LogP contribution in [0.5, 0.6) is 5.75 Å². The first-order chi connectivity index (χ1) is 19.2. The topological polar surface area (TPSA) is 121 Å². The minimum atomic E-state index is -1.20. The third-order valence-electron chi connectivity index (χ3n) is 6.68. The number of hydrogen-bond acceptors (Lipinski definition) is 5. The van der Waals surface area contributed by atoms with Crippen LogP contribution >= 0.6 is 11.6 Å². The lowest BCUT2D eigenvalue weighted by Gasteiger charge is -2.15. The zero-order valence-corrected chi connectivity index (χ0v) is 22.0. The molecule has 0 radical (unpaired) electrons. The highest BCUT2D eigenvalue weighted by Crippen LogP contribution is 2.40. The molecule has 11 heteroatoms. The van der Waals surface area contributed by atoms with Gasteiger partial charge in [-0.2, -0.15) is 0 Å². The number of hydrogen-bond donors (Lipinski definition) is 3. The quantitative estimate of drug-likeness (QED) is 0.353. The van der Waals surface area contributed by atoms with Gasteiger partial charge in [-0.1, -0.05) is 29.8 Å². The maximum Gasteiger partial charge on any atom is 0.410 e. The molecule has 0 spiro atoms. The molecule has 1 aromatic heterocycles. The van der Waals surface area contributed by atoms with Crippen molar-refractivity contribution in [2.45, 2.75) is 31.7 Å². The molecule has 3 amide bonds. The number of carbonyl (C=O) groups excluding carboxylic acids is 2. The van der Waals surface area contributed by atoms with Gasteiger partial charge in [0, 0.05) is 42.9 Å². The molecule has 2 atom stereocenters. The third-order valence-corrected chi connectivity index (χ3v) is 6.96. The summed E-state index contributed by atoms with van der Waals surface area (Å²) in [6.07, 6.45) is 2.93. The summed E-state index contributed by atoms with van der Waals surface area (Å²) in [5, 5.41) is 14.1. The van der Waals surface area contributed by atoms with E-state index in [-0.39, 0.29) is 36.8 Å². The SMILES string of the molecule is O=C(O)Nc1ccc(CNC(=O)/C=C/C2Cc3cc(-c4ccc(C(=O)N5CC[C@@H](F)C5)cc4)cc(Cl)c3O2)cn1. The Bertz CT molecular complexity index is 1460. The summed E-state index contributed by atoms with van der Waals surface area (Å²) in [6.45, 7) is 0.791. The molecular weight excluding hydrogens is 539 g/mol. The van der Waals surface area contributed by atoms with Crippen LogP contribution in [0.15, 0.2) is 66.9 Å². The van der Waals surface area contributed by atoms with Crippen LogP contribution in [0.25, 0.3) is 11.1 Å². The second-order valence-corrected chi connectivity index (χ2v) is 9.99. The number of rotatable bonds is 7. The summed E-state index contributed by atoms with van der Waals surface area (Å²) >= 11 is 6.52. The van der Waals surface area contributed by atoms with Crippen molar-refractivity contribution in [2.24, 2.45) is 0 Å². The van der Waals surface area contributed by atoms with E-state index in [1.54, 1.807) is 30.3 Å². The number of fused-ring (bicyclic) bond motifs is 1. The standard InChI is InChI=1S/C29H26ClFN4O5/c30-24-13-20(18-2-4-19(5-3-18)28(37)35-10-9-22(31)16-35)11-21-12-23(40-27(21)24)6-8-26(36)33-15-17-1-7-25(32-14-17)34-29(38)39/h1-8,11,13-14,22-23H,9-10,12,15-16H2,(H,32,34)(H,33,36)(H,38,39)/b8-6+/t22-,23?/m1/s1. The number of anilines is 1. The Morgan fingerprint density at radius 1 is 1.15 bits per heavy atom. The lowest BCUT2D eigenvalue weighted by molar-refractivity contribution is -0.116. The van der Waals surface area contributed by atoms with Crippen molar-refractivity contribution in [3.63, 3.8) is 0 Å². The van der Waals surface area contributed by atoms with Gasteiger partial charge in [-0.15, -0.1) is 0 Å². The Morgan fingerprint density at radius 3 is 2.62 bits per heavy atom. The third kappa shape index (κ3) is 6.40. The van der Waals surface area contributed by atoms with Gasteiger partial charge in [0.05, 0.1) is 11.6 Å². The number of nitrogens with zero attached hydrogens (tertiary/aromatic N) is 2. The molecule has 1 saturated heterocycles. The number of halogens is 2. The molecule has 0 saturated carbocycles. The lowest BCUT2D eigenvalue weighted by atomic mass is 9.99. The van der Waals surface area contributed by atoms with Crippen LogP contribution in [-0.2, 0) is 17.8 Å². The summed E-state index contributed by atoms with van der Waals surface area (Å²) in [5.41, 5.74) is 3.89. The van der Waals surface area contributed by atoms with Gasteiger partial charge in [-0.25, -0.2) is 14.2 Å². The number of alkyl halides is 1. The van der Waals surface area contributed by atoms with Crippen molar-refractivity contribution in [1.82, 2.24) is 15.2 Å². The summed E-state index contributed by atoms with van der Waals surface area (Å²) in [5.74, 6) is 0.283. The van der Waals surface area contributed by atoms with Gasteiger partial charge in [-0.3, -0.25) is 14.9 Å². The number of carbonyl (C=O) groups is 3. The number of benzene rings is 2.